The third-order valence-corrected chi connectivity index (χ3v) is 4.16. The summed E-state index contributed by atoms with van der Waals surface area (Å²) in [5, 5.41) is 12.5. The molecule has 0 bridgehead atoms. The SMILES string of the molecule is ON=C1CCN(Cc2ccc(Br)cc2F)c2ccccc21. The molecule has 2 aromatic carbocycles. The molecule has 0 amide bonds. The highest BCUT2D eigenvalue weighted by Gasteiger charge is 2.22. The topological polar surface area (TPSA) is 35.8 Å². The van der Waals surface area contributed by atoms with Crippen LogP contribution in [-0.4, -0.2) is 17.5 Å². The van der Waals surface area contributed by atoms with Crippen molar-refractivity contribution in [3.05, 3.63) is 63.9 Å². The molecule has 0 aliphatic carbocycles. The van der Waals surface area contributed by atoms with Crippen LogP contribution in [0.2, 0.25) is 0 Å². The summed E-state index contributed by atoms with van der Waals surface area (Å²) in [6, 6.07) is 12.8. The number of benzene rings is 2. The minimum atomic E-state index is -0.219. The van der Waals surface area contributed by atoms with E-state index in [9.17, 15) is 4.39 Å². The van der Waals surface area contributed by atoms with Gasteiger partial charge in [0, 0.05) is 40.8 Å². The van der Waals surface area contributed by atoms with E-state index in [1.807, 2.05) is 30.3 Å². The zero-order chi connectivity index (χ0) is 14.8. The van der Waals surface area contributed by atoms with E-state index in [0.29, 0.717) is 30.8 Å². The summed E-state index contributed by atoms with van der Waals surface area (Å²) in [4.78, 5) is 2.11. The normalized spacial score (nSPS) is 16.1. The van der Waals surface area contributed by atoms with Crippen LogP contribution in [0.25, 0.3) is 0 Å². The van der Waals surface area contributed by atoms with E-state index in [2.05, 4.69) is 26.0 Å². The fourth-order valence-corrected chi connectivity index (χ4v) is 2.95. The molecule has 0 saturated heterocycles. The Labute approximate surface area is 130 Å². The largest absolute Gasteiger partial charge is 0.411 e. The van der Waals surface area contributed by atoms with Crippen LogP contribution in [0.1, 0.15) is 17.5 Å². The molecule has 21 heavy (non-hydrogen) atoms. The van der Waals surface area contributed by atoms with Crippen molar-refractivity contribution in [3.8, 4) is 0 Å². The van der Waals surface area contributed by atoms with Crippen molar-refractivity contribution in [2.45, 2.75) is 13.0 Å². The monoisotopic (exact) mass is 348 g/mol. The van der Waals surface area contributed by atoms with Crippen LogP contribution >= 0.6 is 15.9 Å². The van der Waals surface area contributed by atoms with Gasteiger partial charge in [0.1, 0.15) is 5.82 Å². The summed E-state index contributed by atoms with van der Waals surface area (Å²) in [5.74, 6) is -0.219. The van der Waals surface area contributed by atoms with Gasteiger partial charge in [0.05, 0.1) is 5.71 Å². The molecular formula is C16H14BrFN2O. The molecule has 0 atom stereocenters. The third-order valence-electron chi connectivity index (χ3n) is 3.67. The first-order valence-electron chi connectivity index (χ1n) is 6.68. The van der Waals surface area contributed by atoms with Crippen molar-refractivity contribution in [3.63, 3.8) is 0 Å². The van der Waals surface area contributed by atoms with Gasteiger partial charge in [-0.15, -0.1) is 0 Å². The van der Waals surface area contributed by atoms with Crippen molar-refractivity contribution in [2.75, 3.05) is 11.4 Å². The molecule has 2 aromatic rings. The number of hydrogen-bond acceptors (Lipinski definition) is 3. The Bertz CT molecular complexity index is 702. The Morgan fingerprint density at radius 2 is 2.05 bits per heavy atom. The maximum atomic E-state index is 14.0. The Morgan fingerprint density at radius 1 is 1.24 bits per heavy atom. The van der Waals surface area contributed by atoms with Gasteiger partial charge in [-0.05, 0) is 18.2 Å². The van der Waals surface area contributed by atoms with Gasteiger partial charge >= 0.3 is 0 Å². The molecule has 5 heteroatoms. The maximum Gasteiger partial charge on any atom is 0.129 e. The predicted octanol–water partition coefficient (Wildman–Crippen LogP) is 4.18. The van der Waals surface area contributed by atoms with Gasteiger partial charge in [0.2, 0.25) is 0 Å². The minimum Gasteiger partial charge on any atom is -0.411 e. The molecule has 0 fully saturated rings. The van der Waals surface area contributed by atoms with Gasteiger partial charge in [0.25, 0.3) is 0 Å². The predicted molar refractivity (Wildman–Crippen MR) is 84.5 cm³/mol. The zero-order valence-electron chi connectivity index (χ0n) is 11.3. The fraction of sp³-hybridized carbons (Fsp3) is 0.188. The van der Waals surface area contributed by atoms with E-state index in [1.165, 1.54) is 6.07 Å². The summed E-state index contributed by atoms with van der Waals surface area (Å²) in [6.07, 6.45) is 0.645. The third kappa shape index (κ3) is 2.78. The molecule has 0 spiro atoms. The molecule has 3 rings (SSSR count). The summed E-state index contributed by atoms with van der Waals surface area (Å²) >= 11 is 3.27. The number of anilines is 1. The first kappa shape index (κ1) is 14.1. The average Bonchev–Trinajstić information content (AvgIpc) is 2.50. The van der Waals surface area contributed by atoms with Gasteiger partial charge in [-0.2, -0.15) is 0 Å². The number of fused-ring (bicyclic) bond motifs is 1. The van der Waals surface area contributed by atoms with E-state index in [0.717, 1.165) is 15.7 Å². The molecule has 108 valence electrons. The number of oxime groups is 1. The van der Waals surface area contributed by atoms with Gasteiger partial charge in [-0.1, -0.05) is 45.4 Å². The van der Waals surface area contributed by atoms with Gasteiger partial charge in [0.15, 0.2) is 0 Å². The number of para-hydroxylation sites is 1. The summed E-state index contributed by atoms with van der Waals surface area (Å²) in [7, 11) is 0. The van der Waals surface area contributed by atoms with Gasteiger partial charge in [-0.25, -0.2) is 4.39 Å². The second kappa shape index (κ2) is 5.85. The molecule has 0 radical (unpaired) electrons. The van der Waals surface area contributed by atoms with Crippen molar-refractivity contribution < 1.29 is 9.60 Å². The van der Waals surface area contributed by atoms with Crippen LogP contribution in [0, 0.1) is 5.82 Å². The summed E-state index contributed by atoms with van der Waals surface area (Å²) in [6.45, 7) is 1.20. The zero-order valence-corrected chi connectivity index (χ0v) is 12.8. The molecule has 3 nitrogen and oxygen atoms in total. The van der Waals surface area contributed by atoms with E-state index >= 15 is 0 Å². The van der Waals surface area contributed by atoms with Crippen molar-refractivity contribution in [2.24, 2.45) is 5.16 Å². The Kier molecular flexibility index (Phi) is 3.92. The standard InChI is InChI=1S/C16H14BrFN2O/c17-12-6-5-11(14(18)9-12)10-20-8-7-15(19-21)13-3-1-2-4-16(13)20/h1-6,9,21H,7-8,10H2. The molecular weight excluding hydrogens is 335 g/mol. The minimum absolute atomic E-state index is 0.219. The van der Waals surface area contributed by atoms with Crippen LogP contribution in [0.5, 0.6) is 0 Å². The first-order chi connectivity index (χ1) is 10.2. The van der Waals surface area contributed by atoms with Crippen LogP contribution < -0.4 is 4.90 Å². The molecule has 0 saturated carbocycles. The lowest BCUT2D eigenvalue weighted by atomic mass is 9.99. The second-order valence-electron chi connectivity index (χ2n) is 4.97. The van der Waals surface area contributed by atoms with Crippen molar-refractivity contribution in [1.29, 1.82) is 0 Å². The van der Waals surface area contributed by atoms with E-state index in [1.54, 1.807) is 6.07 Å². The molecule has 1 aliphatic rings. The van der Waals surface area contributed by atoms with E-state index < -0.39 is 0 Å². The van der Waals surface area contributed by atoms with Crippen LogP contribution in [0.4, 0.5) is 10.1 Å². The lowest BCUT2D eigenvalue weighted by molar-refractivity contribution is 0.317. The number of rotatable bonds is 2. The lowest BCUT2D eigenvalue weighted by Gasteiger charge is -2.31. The van der Waals surface area contributed by atoms with Crippen LogP contribution in [0.15, 0.2) is 52.1 Å². The Morgan fingerprint density at radius 3 is 2.81 bits per heavy atom. The molecule has 0 aromatic heterocycles. The molecule has 1 aliphatic heterocycles. The quantitative estimate of drug-likeness (QED) is 0.652. The average molecular weight is 349 g/mol. The molecule has 1 N–H and O–H groups in total. The summed E-state index contributed by atoms with van der Waals surface area (Å²) in [5.41, 5.74) is 3.21. The first-order valence-corrected chi connectivity index (χ1v) is 7.47. The van der Waals surface area contributed by atoms with E-state index in [-0.39, 0.29) is 5.82 Å². The van der Waals surface area contributed by atoms with Crippen molar-refractivity contribution >= 4 is 27.3 Å². The number of nitrogens with zero attached hydrogens (tertiary/aromatic N) is 2. The maximum absolute atomic E-state index is 14.0. The number of halogens is 2. The van der Waals surface area contributed by atoms with E-state index in [4.69, 9.17) is 5.21 Å². The van der Waals surface area contributed by atoms with Crippen LogP contribution in [-0.2, 0) is 6.54 Å². The van der Waals surface area contributed by atoms with Gasteiger partial charge < -0.3 is 10.1 Å². The highest BCUT2D eigenvalue weighted by Crippen LogP contribution is 2.29. The summed E-state index contributed by atoms with van der Waals surface area (Å²) < 4.78 is 14.7. The lowest BCUT2D eigenvalue weighted by Crippen LogP contribution is -2.32. The highest BCUT2D eigenvalue weighted by atomic mass is 79.9. The molecule has 0 unspecified atom stereocenters. The van der Waals surface area contributed by atoms with Gasteiger partial charge in [-0.3, -0.25) is 0 Å². The molecule has 1 heterocycles. The second-order valence-corrected chi connectivity index (χ2v) is 5.89. The fourth-order valence-electron chi connectivity index (χ4n) is 2.61. The Hall–Kier alpha value is -1.88. The van der Waals surface area contributed by atoms with Crippen molar-refractivity contribution in [1.82, 2.24) is 0 Å². The smallest absolute Gasteiger partial charge is 0.129 e. The highest BCUT2D eigenvalue weighted by molar-refractivity contribution is 9.10. The van der Waals surface area contributed by atoms with Crippen LogP contribution in [0.3, 0.4) is 0 Å². The number of hydrogen-bond donors (Lipinski definition) is 1. The Balaban J connectivity index is 1.93.